The number of ether oxygens (including phenoxy) is 1. The standard InChI is InChI=1S/C19H29N3O4S/c1-4-13(2)16(18(24)21-15(17(20)23)10-11-27-3)22-19(25)26-12-14-8-6-5-7-9-14/h5-9,13,15-16H,4,10-12H2,1-3H3,(H2,20,23)(H,21,24)(H,22,25)/t13-,15-,16-/m0/s1. The summed E-state index contributed by atoms with van der Waals surface area (Å²) in [7, 11) is 0. The molecule has 0 saturated carbocycles. The number of thioether (sulfide) groups is 1. The number of primary amides is 1. The smallest absolute Gasteiger partial charge is 0.408 e. The molecular formula is C19H29N3O4S. The average Bonchev–Trinajstić information content (AvgIpc) is 2.67. The van der Waals surface area contributed by atoms with Crippen molar-refractivity contribution >= 4 is 29.7 Å². The summed E-state index contributed by atoms with van der Waals surface area (Å²) in [4.78, 5) is 36.3. The van der Waals surface area contributed by atoms with Crippen molar-refractivity contribution in [2.75, 3.05) is 12.0 Å². The van der Waals surface area contributed by atoms with Gasteiger partial charge in [-0.2, -0.15) is 11.8 Å². The third-order valence-electron chi connectivity index (χ3n) is 4.25. The van der Waals surface area contributed by atoms with Crippen molar-refractivity contribution in [3.05, 3.63) is 35.9 Å². The van der Waals surface area contributed by atoms with E-state index in [9.17, 15) is 14.4 Å². The number of benzene rings is 1. The molecule has 0 saturated heterocycles. The molecule has 0 radical (unpaired) electrons. The third kappa shape index (κ3) is 8.34. The van der Waals surface area contributed by atoms with Gasteiger partial charge in [0.25, 0.3) is 0 Å². The van der Waals surface area contributed by atoms with E-state index in [1.807, 2.05) is 50.4 Å². The number of rotatable bonds is 11. The van der Waals surface area contributed by atoms with E-state index < -0.39 is 30.0 Å². The monoisotopic (exact) mass is 395 g/mol. The Morgan fingerprint density at radius 1 is 1.19 bits per heavy atom. The first-order valence-electron chi connectivity index (χ1n) is 8.94. The molecule has 0 aromatic heterocycles. The number of alkyl carbamates (subject to hydrolysis) is 1. The molecule has 0 heterocycles. The summed E-state index contributed by atoms with van der Waals surface area (Å²) >= 11 is 1.56. The maximum absolute atomic E-state index is 12.6. The fourth-order valence-corrected chi connectivity index (χ4v) is 2.85. The van der Waals surface area contributed by atoms with Gasteiger partial charge in [0, 0.05) is 0 Å². The van der Waals surface area contributed by atoms with Crippen molar-refractivity contribution < 1.29 is 19.1 Å². The van der Waals surface area contributed by atoms with Crippen LogP contribution in [0.1, 0.15) is 32.3 Å². The second-order valence-corrected chi connectivity index (χ2v) is 7.30. The van der Waals surface area contributed by atoms with E-state index in [1.54, 1.807) is 11.8 Å². The molecule has 150 valence electrons. The highest BCUT2D eigenvalue weighted by molar-refractivity contribution is 7.98. The van der Waals surface area contributed by atoms with Gasteiger partial charge in [0.2, 0.25) is 11.8 Å². The highest BCUT2D eigenvalue weighted by Crippen LogP contribution is 2.10. The molecule has 0 spiro atoms. The molecule has 7 nitrogen and oxygen atoms in total. The van der Waals surface area contributed by atoms with Crippen molar-refractivity contribution in [3.8, 4) is 0 Å². The van der Waals surface area contributed by atoms with Crippen molar-refractivity contribution in [2.45, 2.75) is 45.4 Å². The highest BCUT2D eigenvalue weighted by Gasteiger charge is 2.29. The van der Waals surface area contributed by atoms with Gasteiger partial charge in [-0.3, -0.25) is 9.59 Å². The molecule has 0 aliphatic heterocycles. The largest absolute Gasteiger partial charge is 0.445 e. The predicted octanol–water partition coefficient (Wildman–Crippen LogP) is 2.05. The van der Waals surface area contributed by atoms with E-state index in [2.05, 4.69) is 10.6 Å². The summed E-state index contributed by atoms with van der Waals surface area (Å²) in [5.74, 6) is -0.477. The van der Waals surface area contributed by atoms with Gasteiger partial charge in [-0.25, -0.2) is 4.79 Å². The summed E-state index contributed by atoms with van der Waals surface area (Å²) in [5.41, 5.74) is 6.22. The first-order chi connectivity index (χ1) is 12.9. The van der Waals surface area contributed by atoms with Crippen LogP contribution in [0.2, 0.25) is 0 Å². The molecule has 3 atom stereocenters. The van der Waals surface area contributed by atoms with Crippen molar-refractivity contribution in [2.24, 2.45) is 11.7 Å². The minimum atomic E-state index is -0.811. The Morgan fingerprint density at radius 2 is 1.85 bits per heavy atom. The lowest BCUT2D eigenvalue weighted by Crippen LogP contribution is -2.55. The zero-order valence-corrected chi connectivity index (χ0v) is 16.9. The lowest BCUT2D eigenvalue weighted by Gasteiger charge is -2.25. The van der Waals surface area contributed by atoms with Gasteiger partial charge < -0.3 is 21.1 Å². The molecule has 1 aromatic carbocycles. The van der Waals surface area contributed by atoms with E-state index in [4.69, 9.17) is 10.5 Å². The van der Waals surface area contributed by atoms with Crippen molar-refractivity contribution in [1.82, 2.24) is 10.6 Å². The summed E-state index contributed by atoms with van der Waals surface area (Å²) in [5, 5.41) is 5.26. The zero-order chi connectivity index (χ0) is 20.2. The maximum Gasteiger partial charge on any atom is 0.408 e. The summed E-state index contributed by atoms with van der Waals surface area (Å²) in [6.07, 6.45) is 2.34. The lowest BCUT2D eigenvalue weighted by atomic mass is 9.98. The normalized spacial score (nSPS) is 13.9. The Labute approximate surface area is 164 Å². The Kier molecular flexibility index (Phi) is 10.3. The Morgan fingerprint density at radius 3 is 2.41 bits per heavy atom. The van der Waals surface area contributed by atoms with E-state index in [0.29, 0.717) is 18.6 Å². The SMILES string of the molecule is CC[C@H](C)[C@H](NC(=O)OCc1ccccc1)C(=O)N[C@@H](CCSC)C(N)=O. The van der Waals surface area contributed by atoms with Crippen molar-refractivity contribution in [3.63, 3.8) is 0 Å². The second-order valence-electron chi connectivity index (χ2n) is 6.31. The molecule has 3 amide bonds. The number of amides is 3. The van der Waals surface area contributed by atoms with Crippen LogP contribution >= 0.6 is 11.8 Å². The van der Waals surface area contributed by atoms with Gasteiger partial charge in [-0.15, -0.1) is 0 Å². The van der Waals surface area contributed by atoms with Gasteiger partial charge in [0.1, 0.15) is 18.7 Å². The molecule has 27 heavy (non-hydrogen) atoms. The average molecular weight is 396 g/mol. The molecular weight excluding hydrogens is 366 g/mol. The topological polar surface area (TPSA) is 111 Å². The minimum Gasteiger partial charge on any atom is -0.445 e. The zero-order valence-electron chi connectivity index (χ0n) is 16.1. The van der Waals surface area contributed by atoms with E-state index >= 15 is 0 Å². The number of hydrogen-bond donors (Lipinski definition) is 3. The van der Waals surface area contributed by atoms with Crippen LogP contribution in [0.4, 0.5) is 4.79 Å². The van der Waals surface area contributed by atoms with E-state index in [1.165, 1.54) is 0 Å². The van der Waals surface area contributed by atoms with Crippen LogP contribution in [0.5, 0.6) is 0 Å². The number of hydrogen-bond acceptors (Lipinski definition) is 5. The Hall–Kier alpha value is -2.22. The molecule has 0 bridgehead atoms. The lowest BCUT2D eigenvalue weighted by molar-refractivity contribution is -0.129. The van der Waals surface area contributed by atoms with Crippen LogP contribution in [0.3, 0.4) is 0 Å². The van der Waals surface area contributed by atoms with E-state index in [0.717, 1.165) is 5.56 Å². The highest BCUT2D eigenvalue weighted by atomic mass is 32.2. The Bertz CT molecular complexity index is 612. The van der Waals surface area contributed by atoms with Gasteiger partial charge in [-0.05, 0) is 29.9 Å². The fourth-order valence-electron chi connectivity index (χ4n) is 2.38. The van der Waals surface area contributed by atoms with Gasteiger partial charge >= 0.3 is 6.09 Å². The van der Waals surface area contributed by atoms with Crippen LogP contribution in [0.15, 0.2) is 30.3 Å². The van der Waals surface area contributed by atoms with Gasteiger partial charge in [0.05, 0.1) is 0 Å². The number of nitrogens with one attached hydrogen (secondary N) is 2. The summed E-state index contributed by atoms with van der Waals surface area (Å²) < 4.78 is 5.20. The second kappa shape index (κ2) is 12.2. The number of nitrogens with two attached hydrogens (primary N) is 1. The molecule has 8 heteroatoms. The molecule has 0 aliphatic rings. The Balaban J connectivity index is 2.68. The van der Waals surface area contributed by atoms with Gasteiger partial charge in [-0.1, -0.05) is 50.6 Å². The molecule has 0 unspecified atom stereocenters. The van der Waals surface area contributed by atoms with E-state index in [-0.39, 0.29) is 12.5 Å². The van der Waals surface area contributed by atoms with Crippen molar-refractivity contribution in [1.29, 1.82) is 0 Å². The quantitative estimate of drug-likeness (QED) is 0.531. The molecule has 1 aromatic rings. The predicted molar refractivity (Wildman–Crippen MR) is 107 cm³/mol. The molecule has 0 fully saturated rings. The van der Waals surface area contributed by atoms with Crippen LogP contribution in [0, 0.1) is 5.92 Å². The summed E-state index contributed by atoms with van der Waals surface area (Å²) in [6.45, 7) is 3.88. The minimum absolute atomic E-state index is 0.110. The van der Waals surface area contributed by atoms with Gasteiger partial charge in [0.15, 0.2) is 0 Å². The molecule has 4 N–H and O–H groups in total. The first kappa shape index (κ1) is 22.8. The van der Waals surface area contributed by atoms with Crippen LogP contribution in [0.25, 0.3) is 0 Å². The van der Waals surface area contributed by atoms with Crippen LogP contribution < -0.4 is 16.4 Å². The number of carbonyl (C=O) groups is 3. The van der Waals surface area contributed by atoms with Crippen LogP contribution in [-0.4, -0.2) is 42.0 Å². The third-order valence-corrected chi connectivity index (χ3v) is 4.90. The maximum atomic E-state index is 12.6. The summed E-state index contributed by atoms with van der Waals surface area (Å²) in [6, 6.07) is 7.69. The number of carbonyl (C=O) groups excluding carboxylic acids is 3. The molecule has 1 rings (SSSR count). The first-order valence-corrected chi connectivity index (χ1v) is 10.3. The van der Waals surface area contributed by atoms with Crippen LogP contribution in [-0.2, 0) is 20.9 Å². The molecule has 0 aliphatic carbocycles. The fraction of sp³-hybridized carbons (Fsp3) is 0.526.